The third-order valence-corrected chi connectivity index (χ3v) is 6.90. The van der Waals surface area contributed by atoms with Crippen LogP contribution in [0.5, 0.6) is 0 Å². The molecule has 1 N–H and O–H groups in total. The normalized spacial score (nSPS) is 16.3. The Kier molecular flexibility index (Phi) is 8.13. The molecular formula is C27H31F3N6O3. The Balaban J connectivity index is 1.44. The Bertz CT molecular complexity index is 1440. The predicted octanol–water partition coefficient (Wildman–Crippen LogP) is 2.13. The second-order valence-electron chi connectivity index (χ2n) is 10.2. The summed E-state index contributed by atoms with van der Waals surface area (Å²) < 4.78 is 43.9. The van der Waals surface area contributed by atoms with E-state index < -0.39 is 35.6 Å². The Labute approximate surface area is 223 Å². The van der Waals surface area contributed by atoms with Crippen LogP contribution in [0.2, 0.25) is 0 Å². The van der Waals surface area contributed by atoms with E-state index in [0.29, 0.717) is 17.8 Å². The molecule has 1 saturated heterocycles. The van der Waals surface area contributed by atoms with Crippen molar-refractivity contribution >= 4 is 16.9 Å². The quantitative estimate of drug-likeness (QED) is 0.478. The third kappa shape index (κ3) is 6.49. The molecule has 1 aliphatic heterocycles. The molecule has 0 spiro atoms. The molecule has 12 heteroatoms. The van der Waals surface area contributed by atoms with Gasteiger partial charge in [-0.15, -0.1) is 0 Å². The van der Waals surface area contributed by atoms with Crippen LogP contribution in [-0.4, -0.2) is 85.7 Å². The fraction of sp³-hybridized carbons (Fsp3) is 0.481. The summed E-state index contributed by atoms with van der Waals surface area (Å²) in [4.78, 5) is 33.5. The molecule has 0 saturated carbocycles. The Morgan fingerprint density at radius 1 is 1.18 bits per heavy atom. The summed E-state index contributed by atoms with van der Waals surface area (Å²) in [5.41, 5.74) is -0.717. The van der Waals surface area contributed by atoms with Crippen LogP contribution in [0.3, 0.4) is 0 Å². The van der Waals surface area contributed by atoms with Crippen LogP contribution in [0.15, 0.2) is 41.5 Å². The van der Waals surface area contributed by atoms with Crippen molar-refractivity contribution in [3.8, 4) is 11.8 Å². The van der Waals surface area contributed by atoms with E-state index in [1.54, 1.807) is 13.1 Å². The van der Waals surface area contributed by atoms with Crippen molar-refractivity contribution in [1.29, 1.82) is 0 Å². The van der Waals surface area contributed by atoms with E-state index in [1.165, 1.54) is 44.7 Å². The largest absolute Gasteiger partial charge is 0.396 e. The maximum absolute atomic E-state index is 13.7. The molecule has 208 valence electrons. The molecule has 39 heavy (non-hydrogen) atoms. The second-order valence-corrected chi connectivity index (χ2v) is 10.2. The number of aromatic nitrogens is 4. The maximum Gasteiger partial charge on any atom is 0.396 e. The van der Waals surface area contributed by atoms with Crippen LogP contribution in [0.4, 0.5) is 13.2 Å². The van der Waals surface area contributed by atoms with Crippen LogP contribution in [-0.2, 0) is 18.4 Å². The minimum absolute atomic E-state index is 0.0375. The summed E-state index contributed by atoms with van der Waals surface area (Å²) in [6.45, 7) is 0.603. The number of benzene rings is 1. The SMILES string of the molecule is CN(C)CC#Cc1c2ncn(CC3(O)CCN(C(=O)CC(c4ccccc4)C(F)(F)F)CC3)c(=O)c2nn1C. The minimum atomic E-state index is -4.57. The standard InChI is InChI=1S/C27H31F3N6O3/c1-33(2)13-7-10-21-23-24(32-34(21)3)25(38)36(18-31-23)17-26(39)11-14-35(15-12-26)22(37)16-20(27(28,29)30)19-8-5-4-6-9-19/h4-6,8-9,18,20,39H,11-17H2,1-3H3. The summed E-state index contributed by atoms with van der Waals surface area (Å²) in [5, 5.41) is 15.5. The molecule has 3 aromatic rings. The van der Waals surface area contributed by atoms with Gasteiger partial charge in [0.2, 0.25) is 5.91 Å². The molecule has 2 aromatic heterocycles. The van der Waals surface area contributed by atoms with E-state index in [1.807, 2.05) is 19.0 Å². The lowest BCUT2D eigenvalue weighted by atomic mass is 9.90. The van der Waals surface area contributed by atoms with E-state index in [4.69, 9.17) is 0 Å². The van der Waals surface area contributed by atoms with Crippen molar-refractivity contribution in [3.05, 3.63) is 58.3 Å². The van der Waals surface area contributed by atoms with E-state index in [9.17, 15) is 27.9 Å². The summed E-state index contributed by atoms with van der Waals surface area (Å²) in [7, 11) is 5.45. The number of piperidine rings is 1. The van der Waals surface area contributed by atoms with Crippen LogP contribution in [0, 0.1) is 11.8 Å². The van der Waals surface area contributed by atoms with Gasteiger partial charge in [-0.05, 0) is 38.4 Å². The number of alkyl halides is 3. The van der Waals surface area contributed by atoms with E-state index in [0.717, 1.165) is 0 Å². The Morgan fingerprint density at radius 2 is 1.85 bits per heavy atom. The number of rotatable bonds is 6. The highest BCUT2D eigenvalue weighted by Crippen LogP contribution is 2.38. The van der Waals surface area contributed by atoms with Crippen LogP contribution >= 0.6 is 0 Å². The number of halogens is 3. The van der Waals surface area contributed by atoms with Crippen molar-refractivity contribution in [2.45, 2.75) is 43.5 Å². The number of amides is 1. The van der Waals surface area contributed by atoms with Gasteiger partial charge >= 0.3 is 6.18 Å². The summed E-state index contributed by atoms with van der Waals surface area (Å²) in [5.74, 6) is 3.46. The molecule has 3 heterocycles. The molecule has 1 unspecified atom stereocenters. The number of carbonyl (C=O) groups excluding carboxylic acids is 1. The molecule has 0 bridgehead atoms. The van der Waals surface area contributed by atoms with Crippen molar-refractivity contribution < 1.29 is 23.1 Å². The maximum atomic E-state index is 13.7. The number of hydrogen-bond acceptors (Lipinski definition) is 6. The summed E-state index contributed by atoms with van der Waals surface area (Å²) >= 11 is 0. The van der Waals surface area contributed by atoms with Gasteiger partial charge in [-0.2, -0.15) is 18.3 Å². The second kappa shape index (κ2) is 11.2. The topological polar surface area (TPSA) is 96.5 Å². The highest BCUT2D eigenvalue weighted by Gasteiger charge is 2.43. The zero-order chi connectivity index (χ0) is 28.4. The summed E-state index contributed by atoms with van der Waals surface area (Å²) in [6, 6.07) is 7.38. The van der Waals surface area contributed by atoms with E-state index in [2.05, 4.69) is 21.9 Å². The summed E-state index contributed by atoms with van der Waals surface area (Å²) in [6.07, 6.45) is -3.72. The fourth-order valence-corrected chi connectivity index (χ4v) is 4.69. The third-order valence-electron chi connectivity index (χ3n) is 6.90. The Hall–Kier alpha value is -3.69. The van der Waals surface area contributed by atoms with Crippen molar-refractivity contribution in [2.24, 2.45) is 7.05 Å². The van der Waals surface area contributed by atoms with Gasteiger partial charge < -0.3 is 10.0 Å². The average Bonchev–Trinajstić information content (AvgIpc) is 3.20. The minimum Gasteiger partial charge on any atom is -0.388 e. The van der Waals surface area contributed by atoms with Gasteiger partial charge in [0, 0.05) is 26.6 Å². The van der Waals surface area contributed by atoms with Gasteiger partial charge in [0.25, 0.3) is 5.56 Å². The van der Waals surface area contributed by atoms with Crippen molar-refractivity contribution in [2.75, 3.05) is 33.7 Å². The highest BCUT2D eigenvalue weighted by atomic mass is 19.4. The number of carbonyl (C=O) groups is 1. The van der Waals surface area contributed by atoms with E-state index >= 15 is 0 Å². The molecule has 1 fully saturated rings. The Morgan fingerprint density at radius 3 is 2.46 bits per heavy atom. The van der Waals surface area contributed by atoms with Gasteiger partial charge in [0.05, 0.1) is 30.9 Å². The molecule has 9 nitrogen and oxygen atoms in total. The van der Waals surface area contributed by atoms with Gasteiger partial charge in [-0.25, -0.2) is 4.98 Å². The lowest BCUT2D eigenvalue weighted by Crippen LogP contribution is -2.50. The molecule has 1 atom stereocenters. The molecule has 4 rings (SSSR count). The van der Waals surface area contributed by atoms with E-state index in [-0.39, 0.29) is 43.6 Å². The highest BCUT2D eigenvalue weighted by molar-refractivity contribution is 5.79. The first kappa shape index (κ1) is 28.3. The number of aliphatic hydroxyl groups is 1. The predicted molar refractivity (Wildman–Crippen MR) is 139 cm³/mol. The van der Waals surface area contributed by atoms with Crippen LogP contribution in [0.1, 0.15) is 36.4 Å². The van der Waals surface area contributed by atoms with Gasteiger partial charge in [-0.3, -0.25) is 23.7 Å². The smallest absolute Gasteiger partial charge is 0.388 e. The first-order chi connectivity index (χ1) is 18.4. The van der Waals surface area contributed by atoms with Crippen LogP contribution in [0.25, 0.3) is 11.0 Å². The molecule has 1 aromatic carbocycles. The van der Waals surface area contributed by atoms with Crippen molar-refractivity contribution in [3.63, 3.8) is 0 Å². The van der Waals surface area contributed by atoms with Crippen molar-refractivity contribution in [1.82, 2.24) is 29.1 Å². The number of aryl methyl sites for hydroxylation is 1. The lowest BCUT2D eigenvalue weighted by molar-refractivity contribution is -0.162. The zero-order valence-corrected chi connectivity index (χ0v) is 22.1. The molecule has 1 aliphatic rings. The number of likely N-dealkylation sites (tertiary alicyclic amines) is 1. The first-order valence-corrected chi connectivity index (χ1v) is 12.6. The molecule has 0 aliphatic carbocycles. The lowest BCUT2D eigenvalue weighted by Gasteiger charge is -2.39. The molecule has 0 radical (unpaired) electrons. The monoisotopic (exact) mass is 544 g/mol. The zero-order valence-electron chi connectivity index (χ0n) is 22.1. The molecular weight excluding hydrogens is 513 g/mol. The van der Waals surface area contributed by atoms with Gasteiger partial charge in [0.15, 0.2) is 5.52 Å². The van der Waals surface area contributed by atoms with Crippen LogP contribution < -0.4 is 5.56 Å². The van der Waals surface area contributed by atoms with Gasteiger partial charge in [0.1, 0.15) is 11.2 Å². The first-order valence-electron chi connectivity index (χ1n) is 12.6. The number of fused-ring (bicyclic) bond motifs is 1. The number of nitrogens with zero attached hydrogens (tertiary/aromatic N) is 6. The fourth-order valence-electron chi connectivity index (χ4n) is 4.69. The molecule has 1 amide bonds. The number of hydrogen-bond donors (Lipinski definition) is 1. The van der Waals surface area contributed by atoms with Gasteiger partial charge in [-0.1, -0.05) is 36.3 Å². The average molecular weight is 545 g/mol.